The SMILES string of the molecule is Cc1nc(N[C@H](C)c2cc(N)cc(C(F)(F)F)c2)c2cc(N3C[C@@H](C)O[C@@H](C)C3)c3c(c2n1)CCC3. The van der Waals surface area contributed by atoms with Crippen LogP contribution >= 0.6 is 0 Å². The molecule has 0 unspecified atom stereocenters. The number of fused-ring (bicyclic) bond motifs is 3. The molecule has 0 spiro atoms. The number of nitrogens with two attached hydrogens (primary N) is 1. The number of alkyl halides is 3. The number of anilines is 3. The number of nitrogens with zero attached hydrogens (tertiary/aromatic N) is 3. The molecule has 0 bridgehead atoms. The van der Waals surface area contributed by atoms with E-state index in [0.717, 1.165) is 55.4 Å². The Bertz CT molecular complexity index is 1300. The molecule has 1 aliphatic heterocycles. The van der Waals surface area contributed by atoms with Crippen molar-refractivity contribution in [1.82, 2.24) is 9.97 Å². The van der Waals surface area contributed by atoms with Crippen molar-refractivity contribution < 1.29 is 17.9 Å². The number of ether oxygens (including phenoxy) is 1. The number of rotatable bonds is 4. The Morgan fingerprint density at radius 2 is 1.75 bits per heavy atom. The topological polar surface area (TPSA) is 76.3 Å². The van der Waals surface area contributed by atoms with Gasteiger partial charge in [-0.3, -0.25) is 0 Å². The Morgan fingerprint density at radius 1 is 1.06 bits per heavy atom. The normalized spacial score (nSPS) is 21.0. The summed E-state index contributed by atoms with van der Waals surface area (Å²) >= 11 is 0. The van der Waals surface area contributed by atoms with Crippen LogP contribution in [0, 0.1) is 6.92 Å². The third kappa shape index (κ3) is 4.68. The van der Waals surface area contributed by atoms with Crippen LogP contribution in [0.25, 0.3) is 10.9 Å². The molecule has 0 amide bonds. The molecule has 0 saturated carbocycles. The summed E-state index contributed by atoms with van der Waals surface area (Å²) < 4.78 is 46.1. The summed E-state index contributed by atoms with van der Waals surface area (Å²) in [7, 11) is 0. The fourth-order valence-corrected chi connectivity index (χ4v) is 5.60. The van der Waals surface area contributed by atoms with Gasteiger partial charge in [-0.1, -0.05) is 0 Å². The second-order valence-electron chi connectivity index (χ2n) is 10.1. The van der Waals surface area contributed by atoms with Gasteiger partial charge in [-0.2, -0.15) is 13.2 Å². The van der Waals surface area contributed by atoms with Crippen LogP contribution in [-0.2, 0) is 23.8 Å². The molecule has 0 radical (unpaired) electrons. The second-order valence-corrected chi connectivity index (χ2v) is 10.1. The monoisotopic (exact) mass is 499 g/mol. The van der Waals surface area contributed by atoms with Gasteiger partial charge in [0.15, 0.2) is 0 Å². The third-order valence-electron chi connectivity index (χ3n) is 7.07. The second kappa shape index (κ2) is 9.10. The highest BCUT2D eigenvalue weighted by molar-refractivity contribution is 5.96. The van der Waals surface area contributed by atoms with E-state index in [9.17, 15) is 13.2 Å². The van der Waals surface area contributed by atoms with Gasteiger partial charge in [0.05, 0.1) is 29.3 Å². The zero-order valence-electron chi connectivity index (χ0n) is 21.0. The van der Waals surface area contributed by atoms with Gasteiger partial charge in [0, 0.05) is 29.9 Å². The van der Waals surface area contributed by atoms with Gasteiger partial charge in [0.25, 0.3) is 0 Å². The highest BCUT2D eigenvalue weighted by atomic mass is 19.4. The number of nitrogens with one attached hydrogen (secondary N) is 1. The number of hydrogen-bond acceptors (Lipinski definition) is 6. The molecule has 2 heterocycles. The zero-order valence-corrected chi connectivity index (χ0v) is 21.0. The molecule has 3 aromatic rings. The molecule has 3 atom stereocenters. The molecule has 9 heteroatoms. The summed E-state index contributed by atoms with van der Waals surface area (Å²) in [5.41, 5.74) is 10.3. The van der Waals surface area contributed by atoms with Crippen LogP contribution < -0.4 is 16.0 Å². The predicted molar refractivity (Wildman–Crippen MR) is 136 cm³/mol. The van der Waals surface area contributed by atoms with Crippen molar-refractivity contribution in [2.45, 2.75) is 71.4 Å². The summed E-state index contributed by atoms with van der Waals surface area (Å²) in [6.07, 6.45) is -1.19. The summed E-state index contributed by atoms with van der Waals surface area (Å²) in [5, 5.41) is 4.25. The maximum atomic E-state index is 13.4. The average molecular weight is 500 g/mol. The molecule has 192 valence electrons. The van der Waals surface area contributed by atoms with Gasteiger partial charge >= 0.3 is 6.18 Å². The van der Waals surface area contributed by atoms with Crippen LogP contribution in [0.15, 0.2) is 24.3 Å². The lowest BCUT2D eigenvalue weighted by Gasteiger charge is -2.38. The van der Waals surface area contributed by atoms with Gasteiger partial charge in [-0.25, -0.2) is 9.97 Å². The molecule has 1 aromatic heterocycles. The summed E-state index contributed by atoms with van der Waals surface area (Å²) in [4.78, 5) is 11.9. The molecule has 6 nitrogen and oxygen atoms in total. The average Bonchev–Trinajstić information content (AvgIpc) is 3.27. The van der Waals surface area contributed by atoms with Crippen molar-refractivity contribution in [2.75, 3.05) is 29.0 Å². The van der Waals surface area contributed by atoms with E-state index in [1.165, 1.54) is 16.8 Å². The molecular formula is C27H32F3N5O. The summed E-state index contributed by atoms with van der Waals surface area (Å²) in [6.45, 7) is 9.45. The van der Waals surface area contributed by atoms with E-state index in [0.29, 0.717) is 17.2 Å². The number of halogens is 3. The molecule has 1 saturated heterocycles. The third-order valence-corrected chi connectivity index (χ3v) is 7.07. The van der Waals surface area contributed by atoms with E-state index in [1.807, 2.05) is 13.8 Å². The fourth-order valence-electron chi connectivity index (χ4n) is 5.60. The molecule has 5 rings (SSSR count). The van der Waals surface area contributed by atoms with Crippen LogP contribution in [0.5, 0.6) is 0 Å². The van der Waals surface area contributed by atoms with Crippen molar-refractivity contribution in [3.8, 4) is 0 Å². The first kappa shape index (κ1) is 24.6. The van der Waals surface area contributed by atoms with Crippen molar-refractivity contribution in [2.24, 2.45) is 0 Å². The molecular weight excluding hydrogens is 467 g/mol. The van der Waals surface area contributed by atoms with E-state index in [1.54, 1.807) is 6.07 Å². The summed E-state index contributed by atoms with van der Waals surface area (Å²) in [6, 6.07) is 5.37. The first-order valence-electron chi connectivity index (χ1n) is 12.5. The van der Waals surface area contributed by atoms with Crippen LogP contribution in [0.3, 0.4) is 0 Å². The molecule has 1 fully saturated rings. The number of hydrogen-bond donors (Lipinski definition) is 2. The highest BCUT2D eigenvalue weighted by Gasteiger charge is 2.32. The van der Waals surface area contributed by atoms with Gasteiger partial charge in [-0.05, 0) is 87.9 Å². The van der Waals surface area contributed by atoms with Crippen molar-refractivity contribution in [3.63, 3.8) is 0 Å². The molecule has 36 heavy (non-hydrogen) atoms. The Morgan fingerprint density at radius 3 is 2.44 bits per heavy atom. The van der Waals surface area contributed by atoms with Gasteiger partial charge in [0.1, 0.15) is 11.6 Å². The Labute approximate surface area is 209 Å². The van der Waals surface area contributed by atoms with Gasteiger partial charge in [-0.15, -0.1) is 0 Å². The van der Waals surface area contributed by atoms with E-state index in [2.05, 4.69) is 35.1 Å². The zero-order chi connectivity index (χ0) is 25.8. The van der Waals surface area contributed by atoms with Crippen LogP contribution in [-0.4, -0.2) is 35.3 Å². The van der Waals surface area contributed by atoms with Gasteiger partial charge in [0.2, 0.25) is 0 Å². The maximum Gasteiger partial charge on any atom is 0.416 e. The number of morpholine rings is 1. The molecule has 2 aromatic carbocycles. The number of aromatic nitrogens is 2. The molecule has 3 N–H and O–H groups in total. The van der Waals surface area contributed by atoms with E-state index in [-0.39, 0.29) is 17.9 Å². The fraction of sp³-hybridized carbons (Fsp3) is 0.481. The molecule has 1 aliphatic carbocycles. The van der Waals surface area contributed by atoms with Crippen molar-refractivity contribution in [3.05, 3.63) is 52.3 Å². The Hall–Kier alpha value is -3.07. The molecule has 2 aliphatic rings. The summed E-state index contributed by atoms with van der Waals surface area (Å²) in [5.74, 6) is 1.24. The number of aryl methyl sites for hydroxylation is 2. The standard InChI is InChI=1S/C27H32F3N5O/c1-14-12-35(13-15(2)36-14)24-11-23-25(22-7-5-6-21(22)24)33-17(4)34-26(23)32-16(3)18-8-19(27(28,29)30)10-20(31)9-18/h8-11,14-16H,5-7,12-13,31H2,1-4H3,(H,32,33,34)/t14-,15+,16-/m1/s1. The first-order chi connectivity index (χ1) is 17.0. The lowest BCUT2D eigenvalue weighted by molar-refractivity contribution is -0.137. The predicted octanol–water partition coefficient (Wildman–Crippen LogP) is 5.81. The minimum atomic E-state index is -4.47. The van der Waals surface area contributed by atoms with Crippen molar-refractivity contribution in [1.29, 1.82) is 0 Å². The van der Waals surface area contributed by atoms with Crippen LogP contribution in [0.1, 0.15) is 61.3 Å². The Balaban J connectivity index is 1.59. The maximum absolute atomic E-state index is 13.4. The Kier molecular flexibility index (Phi) is 6.22. The van der Waals surface area contributed by atoms with Gasteiger partial charge < -0.3 is 20.7 Å². The largest absolute Gasteiger partial charge is 0.416 e. The smallest absolute Gasteiger partial charge is 0.399 e. The minimum absolute atomic E-state index is 0.0767. The lowest BCUT2D eigenvalue weighted by atomic mass is 10.0. The van der Waals surface area contributed by atoms with Crippen molar-refractivity contribution >= 4 is 28.1 Å². The minimum Gasteiger partial charge on any atom is -0.399 e. The van der Waals surface area contributed by atoms with Crippen LogP contribution in [0.4, 0.5) is 30.4 Å². The lowest BCUT2D eigenvalue weighted by Crippen LogP contribution is -2.45. The number of nitrogen functional groups attached to an aromatic ring is 1. The van der Waals surface area contributed by atoms with Crippen LogP contribution in [0.2, 0.25) is 0 Å². The van der Waals surface area contributed by atoms with E-state index in [4.69, 9.17) is 15.5 Å². The van der Waals surface area contributed by atoms with E-state index < -0.39 is 17.8 Å². The van der Waals surface area contributed by atoms with E-state index >= 15 is 0 Å². The number of benzene rings is 2. The quantitative estimate of drug-likeness (QED) is 0.441. The first-order valence-corrected chi connectivity index (χ1v) is 12.5. The highest BCUT2D eigenvalue weighted by Crippen LogP contribution is 2.40.